The number of nitrogens with one attached hydrogen (secondary N) is 2. The van der Waals surface area contributed by atoms with Crippen LogP contribution in [0.5, 0.6) is 5.75 Å². The lowest BCUT2D eigenvalue weighted by Gasteiger charge is -2.46. The molecule has 0 aliphatic heterocycles. The van der Waals surface area contributed by atoms with Gasteiger partial charge >= 0.3 is 0 Å². The maximum atomic E-state index is 11.5. The summed E-state index contributed by atoms with van der Waals surface area (Å²) in [6, 6.07) is 6.39. The molecule has 0 spiro atoms. The molecule has 1 aromatic carbocycles. The van der Waals surface area contributed by atoms with E-state index in [-0.39, 0.29) is 22.1 Å². The zero-order valence-electron chi connectivity index (χ0n) is 19.1. The molecule has 168 valence electrons. The van der Waals surface area contributed by atoms with Crippen LogP contribution in [0, 0.1) is 10.8 Å². The van der Waals surface area contributed by atoms with Gasteiger partial charge in [-0.1, -0.05) is 72.2 Å². The van der Waals surface area contributed by atoms with Crippen LogP contribution in [0.15, 0.2) is 18.2 Å². The molecule has 0 radical (unpaired) electrons. The second kappa shape index (κ2) is 10.9. The molecule has 1 saturated carbocycles. The second-order valence-corrected chi connectivity index (χ2v) is 10.6. The van der Waals surface area contributed by atoms with Crippen molar-refractivity contribution < 1.29 is 9.53 Å². The van der Waals surface area contributed by atoms with Gasteiger partial charge in [0.15, 0.2) is 0 Å². The van der Waals surface area contributed by atoms with Crippen LogP contribution >= 0.6 is 24.8 Å². The summed E-state index contributed by atoms with van der Waals surface area (Å²) in [5.74, 6) is 0.870. The van der Waals surface area contributed by atoms with E-state index in [9.17, 15) is 4.79 Å². The molecule has 1 amide bonds. The number of carbonyl (C=O) groups is 1. The molecule has 1 aliphatic carbocycles. The monoisotopic (exact) mass is 450 g/mol. The van der Waals surface area contributed by atoms with Gasteiger partial charge in [-0.25, -0.2) is 0 Å². The lowest BCUT2D eigenvalue weighted by molar-refractivity contribution is 0.0778. The number of thiol groups is 1. The summed E-state index contributed by atoms with van der Waals surface area (Å²) >= 11 is 9.45. The Kier molecular flexibility index (Phi) is 9.04. The topological polar surface area (TPSA) is 50.4 Å². The van der Waals surface area contributed by atoms with Crippen LogP contribution in [0.3, 0.4) is 0 Å². The van der Waals surface area contributed by atoms with E-state index in [0.29, 0.717) is 11.7 Å². The van der Waals surface area contributed by atoms with Crippen molar-refractivity contribution in [1.29, 1.82) is 0 Å². The van der Waals surface area contributed by atoms with Crippen LogP contribution in [0.4, 0.5) is 4.79 Å². The van der Waals surface area contributed by atoms with Gasteiger partial charge in [0.25, 0.3) is 10.4 Å². The Bertz CT molecular complexity index is 751. The maximum absolute atomic E-state index is 11.5. The molecule has 0 saturated heterocycles. The van der Waals surface area contributed by atoms with Crippen molar-refractivity contribution in [2.45, 2.75) is 85.6 Å². The first kappa shape index (κ1) is 25.0. The van der Waals surface area contributed by atoms with Gasteiger partial charge in [0, 0.05) is 12.6 Å². The minimum absolute atomic E-state index is 0.00632. The zero-order valence-corrected chi connectivity index (χ0v) is 20.8. The molecule has 1 aliphatic rings. The van der Waals surface area contributed by atoms with Gasteiger partial charge in [-0.05, 0) is 72.3 Å². The van der Waals surface area contributed by atoms with Gasteiger partial charge in [-0.2, -0.15) is 0 Å². The van der Waals surface area contributed by atoms with Crippen molar-refractivity contribution in [3.63, 3.8) is 0 Å². The highest BCUT2D eigenvalue weighted by atomic mass is 32.1. The minimum Gasteiger partial charge on any atom is -0.432 e. The highest BCUT2D eigenvalue weighted by Crippen LogP contribution is 2.45. The first-order chi connectivity index (χ1) is 14.1. The fourth-order valence-electron chi connectivity index (χ4n) is 5.21. The third kappa shape index (κ3) is 7.45. The number of amides is 1. The van der Waals surface area contributed by atoms with E-state index >= 15 is 0 Å². The van der Waals surface area contributed by atoms with Gasteiger partial charge in [0.05, 0.1) is 0 Å². The Morgan fingerprint density at radius 3 is 2.53 bits per heavy atom. The van der Waals surface area contributed by atoms with Gasteiger partial charge in [0.2, 0.25) is 0 Å². The summed E-state index contributed by atoms with van der Waals surface area (Å²) in [5.41, 5.74) is 2.77. The number of hydrogen-bond donors (Lipinski definition) is 3. The Morgan fingerprint density at radius 2 is 1.90 bits per heavy atom. The van der Waals surface area contributed by atoms with Gasteiger partial charge in [-0.15, -0.1) is 0 Å². The summed E-state index contributed by atoms with van der Waals surface area (Å²) in [4.78, 5) is 11.5. The fraction of sp³-hybridized carbons (Fsp3) is 0.667. The number of thiocarbonyl (C=S) groups is 1. The van der Waals surface area contributed by atoms with Crippen molar-refractivity contribution in [2.24, 2.45) is 10.8 Å². The molecule has 1 fully saturated rings. The number of hydrogen-bond acceptors (Lipinski definition) is 3. The molecule has 1 aromatic rings. The third-order valence-corrected chi connectivity index (χ3v) is 6.24. The highest BCUT2D eigenvalue weighted by Gasteiger charge is 2.41. The molecule has 4 nitrogen and oxygen atoms in total. The van der Waals surface area contributed by atoms with Crippen LogP contribution in [-0.4, -0.2) is 23.0 Å². The smallest absolute Gasteiger partial charge is 0.276 e. The number of aryl methyl sites for hydroxylation is 1. The van der Waals surface area contributed by atoms with E-state index in [1.165, 1.54) is 11.1 Å². The average Bonchev–Trinajstić information content (AvgIpc) is 2.61. The predicted octanol–water partition coefficient (Wildman–Crippen LogP) is 6.07. The van der Waals surface area contributed by atoms with Crippen molar-refractivity contribution in [3.8, 4) is 5.75 Å². The number of rotatable bonds is 8. The molecule has 2 N–H and O–H groups in total. The van der Waals surface area contributed by atoms with Gasteiger partial charge in [-0.3, -0.25) is 4.79 Å². The Morgan fingerprint density at radius 1 is 1.20 bits per heavy atom. The van der Waals surface area contributed by atoms with Crippen molar-refractivity contribution >= 4 is 35.3 Å². The Hall–Kier alpha value is -1.27. The first-order valence-electron chi connectivity index (χ1n) is 11.1. The molecule has 2 atom stereocenters. The summed E-state index contributed by atoms with van der Waals surface area (Å²) in [6.45, 7) is 11.9. The largest absolute Gasteiger partial charge is 0.432 e. The first-order valence-corrected chi connectivity index (χ1v) is 12.0. The molecule has 30 heavy (non-hydrogen) atoms. The van der Waals surface area contributed by atoms with Crippen LogP contribution in [0.1, 0.15) is 77.8 Å². The van der Waals surface area contributed by atoms with Crippen LogP contribution in [0.2, 0.25) is 0 Å². The Labute approximate surface area is 193 Å². The van der Waals surface area contributed by atoms with Crippen LogP contribution < -0.4 is 15.4 Å². The summed E-state index contributed by atoms with van der Waals surface area (Å²) in [6.07, 6.45) is 7.14. The molecular weight excluding hydrogens is 412 g/mol. The molecule has 6 heteroatoms. The van der Waals surface area contributed by atoms with E-state index < -0.39 is 0 Å². The van der Waals surface area contributed by atoms with E-state index in [2.05, 4.69) is 70.0 Å². The Balaban J connectivity index is 2.04. The van der Waals surface area contributed by atoms with Crippen molar-refractivity contribution in [2.75, 3.05) is 6.54 Å². The third-order valence-electron chi connectivity index (χ3n) is 5.88. The summed E-state index contributed by atoms with van der Waals surface area (Å²) in [7, 11) is 0. The highest BCUT2D eigenvalue weighted by molar-refractivity contribution is 7.96. The lowest BCUT2D eigenvalue weighted by Crippen LogP contribution is -2.49. The van der Waals surface area contributed by atoms with Crippen LogP contribution in [0.25, 0.3) is 0 Å². The average molecular weight is 451 g/mol. The quantitative estimate of drug-likeness (QED) is 0.332. The van der Waals surface area contributed by atoms with E-state index in [1.54, 1.807) is 0 Å². The maximum Gasteiger partial charge on any atom is 0.276 e. The summed E-state index contributed by atoms with van der Waals surface area (Å²) in [5, 5.41) is 6.50. The summed E-state index contributed by atoms with van der Waals surface area (Å²) < 4.78 is 6.10. The predicted molar refractivity (Wildman–Crippen MR) is 133 cm³/mol. The number of ether oxygens (including phenoxy) is 1. The van der Waals surface area contributed by atoms with Crippen molar-refractivity contribution in [1.82, 2.24) is 10.6 Å². The number of carbonyl (C=O) groups excluding carboxylic acids is 1. The lowest BCUT2D eigenvalue weighted by atomic mass is 9.62. The standard InChI is InChI=1S/C24H38N2O2S2/c1-6-9-17-11-8-12-20(19(17)10-7-2)28-22(30)25-16-24(5)14-18(26-21(27)29)13-23(3,4)15-24/h8,11-12,18H,6-7,9-10,13-16H2,1-5H3,(H,25,30)(H2,26,27,29). The SMILES string of the molecule is CCCc1cccc(OC(=S)NCC2(C)CC(NC(=O)S)CC(C)(C)C2)c1CCC. The second-order valence-electron chi connectivity index (χ2n) is 9.84. The molecule has 0 heterocycles. The normalized spacial score (nSPS) is 22.9. The van der Waals surface area contributed by atoms with E-state index in [4.69, 9.17) is 17.0 Å². The molecule has 0 aromatic heterocycles. The zero-order chi connectivity index (χ0) is 22.4. The van der Waals surface area contributed by atoms with Crippen molar-refractivity contribution in [3.05, 3.63) is 29.3 Å². The fourth-order valence-corrected chi connectivity index (χ4v) is 5.56. The van der Waals surface area contributed by atoms with E-state index in [0.717, 1.165) is 50.7 Å². The van der Waals surface area contributed by atoms with Gasteiger partial charge < -0.3 is 15.4 Å². The van der Waals surface area contributed by atoms with Crippen LogP contribution in [-0.2, 0) is 12.8 Å². The molecule has 0 bridgehead atoms. The molecule has 2 rings (SSSR count). The molecule has 2 unspecified atom stereocenters. The van der Waals surface area contributed by atoms with Gasteiger partial charge in [0.1, 0.15) is 5.75 Å². The molecular formula is C24H38N2O2S2. The minimum atomic E-state index is -0.262. The number of benzene rings is 1. The van der Waals surface area contributed by atoms with E-state index in [1.807, 2.05) is 6.07 Å².